The molecule has 1 aromatic carbocycles. The van der Waals surface area contributed by atoms with Crippen molar-refractivity contribution >= 4 is 11.6 Å². The van der Waals surface area contributed by atoms with Crippen molar-refractivity contribution in [1.82, 2.24) is 5.32 Å². The van der Waals surface area contributed by atoms with Crippen LogP contribution < -0.4 is 5.32 Å². The maximum Gasteiger partial charge on any atom is 0.0815 e. The van der Waals surface area contributed by atoms with Crippen LogP contribution >= 0.6 is 11.6 Å². The summed E-state index contributed by atoms with van der Waals surface area (Å²) < 4.78 is 5.27. The van der Waals surface area contributed by atoms with Crippen molar-refractivity contribution in [2.45, 2.75) is 31.4 Å². The summed E-state index contributed by atoms with van der Waals surface area (Å²) in [7, 11) is 0. The Morgan fingerprint density at radius 2 is 1.94 bits per heavy atom. The minimum atomic E-state index is -0.626. The van der Waals surface area contributed by atoms with Gasteiger partial charge in [0.1, 0.15) is 0 Å². The smallest absolute Gasteiger partial charge is 0.0815 e. The fourth-order valence-corrected chi connectivity index (χ4v) is 2.27. The van der Waals surface area contributed by atoms with Crippen molar-refractivity contribution in [2.24, 2.45) is 0 Å². The van der Waals surface area contributed by atoms with Crippen molar-refractivity contribution in [3.63, 3.8) is 0 Å². The summed E-state index contributed by atoms with van der Waals surface area (Å²) >= 11 is 5.86. The molecule has 0 aliphatic carbocycles. The van der Waals surface area contributed by atoms with E-state index in [2.05, 4.69) is 12.2 Å². The van der Waals surface area contributed by atoms with Gasteiger partial charge in [0.2, 0.25) is 0 Å². The maximum absolute atomic E-state index is 10.3. The quantitative estimate of drug-likeness (QED) is 0.883. The second-order valence-electron chi connectivity index (χ2n) is 4.99. The lowest BCUT2D eigenvalue weighted by molar-refractivity contribution is -0.0626. The van der Waals surface area contributed by atoms with Crippen LogP contribution in [0, 0.1) is 0 Å². The first-order valence-corrected chi connectivity index (χ1v) is 6.76. The molecule has 0 bridgehead atoms. The summed E-state index contributed by atoms with van der Waals surface area (Å²) in [5.74, 6) is 0. The second-order valence-corrected chi connectivity index (χ2v) is 5.43. The summed E-state index contributed by atoms with van der Waals surface area (Å²) in [5.41, 5.74) is 0.550. The fourth-order valence-electron chi connectivity index (χ4n) is 2.14. The zero-order chi connectivity index (χ0) is 13.0. The van der Waals surface area contributed by atoms with E-state index in [1.807, 2.05) is 24.3 Å². The van der Waals surface area contributed by atoms with Crippen molar-refractivity contribution in [3.05, 3.63) is 34.9 Å². The highest BCUT2D eigenvalue weighted by Gasteiger charge is 2.29. The molecular formula is C14H20ClNO2. The highest BCUT2D eigenvalue weighted by atomic mass is 35.5. The summed E-state index contributed by atoms with van der Waals surface area (Å²) in [6.07, 6.45) is 1.40. The first-order chi connectivity index (χ1) is 8.59. The lowest BCUT2D eigenvalue weighted by Gasteiger charge is -2.33. The highest BCUT2D eigenvalue weighted by Crippen LogP contribution is 2.21. The van der Waals surface area contributed by atoms with E-state index in [-0.39, 0.29) is 6.04 Å². The lowest BCUT2D eigenvalue weighted by atomic mass is 9.94. The summed E-state index contributed by atoms with van der Waals surface area (Å²) in [5, 5.41) is 14.5. The van der Waals surface area contributed by atoms with Crippen LogP contribution in [-0.2, 0) is 4.74 Å². The Kier molecular flexibility index (Phi) is 4.62. The minimum absolute atomic E-state index is 0.203. The van der Waals surface area contributed by atoms with Crippen LogP contribution in [0.3, 0.4) is 0 Å². The first kappa shape index (κ1) is 13.8. The predicted octanol–water partition coefficient (Wildman–Crippen LogP) is 2.53. The average molecular weight is 270 g/mol. The molecule has 100 valence electrons. The first-order valence-electron chi connectivity index (χ1n) is 6.38. The van der Waals surface area contributed by atoms with Crippen molar-refractivity contribution < 1.29 is 9.84 Å². The number of rotatable bonds is 4. The number of aliphatic hydroxyl groups is 1. The zero-order valence-electron chi connectivity index (χ0n) is 10.7. The third kappa shape index (κ3) is 3.69. The molecule has 4 heteroatoms. The molecule has 2 N–H and O–H groups in total. The molecular weight excluding hydrogens is 250 g/mol. The summed E-state index contributed by atoms with van der Waals surface area (Å²) in [6.45, 7) is 3.98. The van der Waals surface area contributed by atoms with E-state index in [0.29, 0.717) is 32.6 Å². The van der Waals surface area contributed by atoms with Gasteiger partial charge in [-0.25, -0.2) is 0 Å². The third-order valence-electron chi connectivity index (χ3n) is 3.53. The Labute approximate surface area is 113 Å². The average Bonchev–Trinajstić information content (AvgIpc) is 2.38. The molecule has 3 nitrogen and oxygen atoms in total. The van der Waals surface area contributed by atoms with Crippen LogP contribution in [0.5, 0.6) is 0 Å². The molecule has 1 unspecified atom stereocenters. The van der Waals surface area contributed by atoms with E-state index < -0.39 is 5.60 Å². The molecule has 1 aliphatic heterocycles. The van der Waals surface area contributed by atoms with E-state index >= 15 is 0 Å². The van der Waals surface area contributed by atoms with Gasteiger partial charge in [0.15, 0.2) is 0 Å². The van der Waals surface area contributed by atoms with Gasteiger partial charge in [0.05, 0.1) is 5.60 Å². The molecule has 0 aromatic heterocycles. The second kappa shape index (κ2) is 6.02. The van der Waals surface area contributed by atoms with Crippen LogP contribution in [0.1, 0.15) is 31.4 Å². The van der Waals surface area contributed by atoms with E-state index in [1.54, 1.807) is 0 Å². The van der Waals surface area contributed by atoms with Gasteiger partial charge in [-0.2, -0.15) is 0 Å². The largest absolute Gasteiger partial charge is 0.388 e. The molecule has 2 rings (SSSR count). The van der Waals surface area contributed by atoms with Crippen LogP contribution in [0.4, 0.5) is 0 Å². The topological polar surface area (TPSA) is 41.5 Å². The van der Waals surface area contributed by atoms with E-state index in [9.17, 15) is 5.11 Å². The molecule has 0 saturated carbocycles. The predicted molar refractivity (Wildman–Crippen MR) is 72.9 cm³/mol. The number of benzene rings is 1. The van der Waals surface area contributed by atoms with Gasteiger partial charge in [-0.05, 0) is 24.6 Å². The van der Waals surface area contributed by atoms with E-state index in [1.165, 1.54) is 5.56 Å². The van der Waals surface area contributed by atoms with Gasteiger partial charge in [-0.3, -0.25) is 0 Å². The molecule has 0 radical (unpaired) electrons. The van der Waals surface area contributed by atoms with Gasteiger partial charge in [-0.1, -0.05) is 23.7 Å². The number of hydrogen-bond acceptors (Lipinski definition) is 3. The monoisotopic (exact) mass is 269 g/mol. The molecule has 1 heterocycles. The Morgan fingerprint density at radius 3 is 2.56 bits per heavy atom. The van der Waals surface area contributed by atoms with Gasteiger partial charge in [-0.15, -0.1) is 0 Å². The standard InChI is InChI=1S/C14H20ClNO2/c1-11(12-2-4-13(15)5-3-12)16-10-14(17)6-8-18-9-7-14/h2-5,11,16-17H,6-10H2,1H3. The van der Waals surface area contributed by atoms with Gasteiger partial charge >= 0.3 is 0 Å². The highest BCUT2D eigenvalue weighted by molar-refractivity contribution is 6.30. The third-order valence-corrected chi connectivity index (χ3v) is 3.78. The Bertz CT molecular complexity index is 374. The maximum atomic E-state index is 10.3. The van der Waals surface area contributed by atoms with Crippen LogP contribution in [-0.4, -0.2) is 30.5 Å². The lowest BCUT2D eigenvalue weighted by Crippen LogP contribution is -2.45. The molecule has 0 spiro atoms. The van der Waals surface area contributed by atoms with Crippen molar-refractivity contribution in [3.8, 4) is 0 Å². The van der Waals surface area contributed by atoms with Crippen LogP contribution in [0.15, 0.2) is 24.3 Å². The molecule has 1 fully saturated rings. The van der Waals surface area contributed by atoms with Gasteiger partial charge < -0.3 is 15.2 Å². The Hall–Kier alpha value is -0.610. The molecule has 1 atom stereocenters. The van der Waals surface area contributed by atoms with E-state index in [0.717, 1.165) is 5.02 Å². The number of hydrogen-bond donors (Lipinski definition) is 2. The molecule has 1 aromatic rings. The molecule has 1 aliphatic rings. The Morgan fingerprint density at radius 1 is 1.33 bits per heavy atom. The molecule has 0 amide bonds. The summed E-state index contributed by atoms with van der Waals surface area (Å²) in [4.78, 5) is 0. The number of halogens is 1. The molecule has 1 saturated heterocycles. The van der Waals surface area contributed by atoms with E-state index in [4.69, 9.17) is 16.3 Å². The van der Waals surface area contributed by atoms with Crippen LogP contribution in [0.2, 0.25) is 5.02 Å². The van der Waals surface area contributed by atoms with Gasteiger partial charge in [0.25, 0.3) is 0 Å². The van der Waals surface area contributed by atoms with Crippen LogP contribution in [0.25, 0.3) is 0 Å². The zero-order valence-corrected chi connectivity index (χ0v) is 11.4. The fraction of sp³-hybridized carbons (Fsp3) is 0.571. The number of nitrogens with one attached hydrogen (secondary N) is 1. The summed E-state index contributed by atoms with van der Waals surface area (Å²) in [6, 6.07) is 7.99. The van der Waals surface area contributed by atoms with Crippen molar-refractivity contribution in [1.29, 1.82) is 0 Å². The van der Waals surface area contributed by atoms with Gasteiger partial charge in [0, 0.05) is 43.7 Å². The number of ether oxygens (including phenoxy) is 1. The SMILES string of the molecule is CC(NCC1(O)CCOCC1)c1ccc(Cl)cc1. The molecule has 18 heavy (non-hydrogen) atoms. The Balaban J connectivity index is 1.87. The minimum Gasteiger partial charge on any atom is -0.388 e. The normalized spacial score (nSPS) is 20.6. The van der Waals surface area contributed by atoms with Crippen molar-refractivity contribution in [2.75, 3.05) is 19.8 Å².